The van der Waals surface area contributed by atoms with E-state index in [2.05, 4.69) is 28.2 Å². The van der Waals surface area contributed by atoms with Crippen LogP contribution >= 0.6 is 23.5 Å². The predicted molar refractivity (Wildman–Crippen MR) is 127 cm³/mol. The van der Waals surface area contributed by atoms with Gasteiger partial charge in [0.1, 0.15) is 11.7 Å². The Morgan fingerprint density at radius 2 is 1.84 bits per heavy atom. The molecule has 0 aromatic carbocycles. The summed E-state index contributed by atoms with van der Waals surface area (Å²) in [6.45, 7) is 3.82. The summed E-state index contributed by atoms with van der Waals surface area (Å²) in [5.74, 6) is 2.66. The van der Waals surface area contributed by atoms with E-state index in [1.54, 1.807) is 23.5 Å². The second kappa shape index (κ2) is 11.9. The number of rotatable bonds is 8. The Morgan fingerprint density at radius 1 is 1.10 bits per heavy atom. The number of amides is 1. The third kappa shape index (κ3) is 6.73. The molecule has 4 atom stereocenters. The molecule has 31 heavy (non-hydrogen) atoms. The first-order valence-electron chi connectivity index (χ1n) is 12.2. The molecule has 2 aliphatic heterocycles. The minimum atomic E-state index is -0.636. The number of alkyl halides is 1. The molecule has 2 heterocycles. The van der Waals surface area contributed by atoms with Crippen molar-refractivity contribution in [3.8, 4) is 0 Å². The molecular formula is C22H39FN4O2S2. The molecule has 4 fully saturated rings. The van der Waals surface area contributed by atoms with E-state index in [1.165, 1.54) is 12.8 Å². The van der Waals surface area contributed by atoms with Crippen LogP contribution in [0, 0.1) is 11.8 Å². The molecule has 4 unspecified atom stereocenters. The highest BCUT2D eigenvalue weighted by Gasteiger charge is 2.43. The lowest BCUT2D eigenvalue weighted by Gasteiger charge is -2.33. The largest absolute Gasteiger partial charge is 0.379 e. The van der Waals surface area contributed by atoms with Crippen molar-refractivity contribution in [3.05, 3.63) is 0 Å². The molecule has 4 rings (SSSR count). The molecule has 6 nitrogen and oxygen atoms in total. The van der Waals surface area contributed by atoms with E-state index in [1.807, 2.05) is 0 Å². The summed E-state index contributed by atoms with van der Waals surface area (Å²) < 4.78 is 19.6. The van der Waals surface area contributed by atoms with Crippen LogP contribution in [0.1, 0.15) is 58.3 Å². The number of thioether (sulfide) groups is 2. The molecule has 0 radical (unpaired) electrons. The van der Waals surface area contributed by atoms with E-state index in [-0.39, 0.29) is 22.9 Å². The summed E-state index contributed by atoms with van der Waals surface area (Å²) in [5.41, 5.74) is 0.0478. The Morgan fingerprint density at radius 3 is 2.52 bits per heavy atom. The number of ether oxygens (including phenoxy) is 1. The van der Waals surface area contributed by atoms with Crippen molar-refractivity contribution in [3.63, 3.8) is 0 Å². The maximum atomic E-state index is 13.7. The Balaban J connectivity index is 1.31. The molecule has 9 heteroatoms. The molecule has 0 spiro atoms. The Hall–Kier alpha value is -0.0600. The molecule has 2 saturated carbocycles. The van der Waals surface area contributed by atoms with Gasteiger partial charge in [0.15, 0.2) is 0 Å². The average molecular weight is 475 g/mol. The fourth-order valence-corrected chi connectivity index (χ4v) is 7.65. The second-order valence-electron chi connectivity index (χ2n) is 9.35. The SMILES string of the molecule is CCOC1CCC(C2NC(SCC(=O)NC3NCCS3)C(C3CCC(F)CC3)N2)CC1. The van der Waals surface area contributed by atoms with Crippen LogP contribution in [-0.2, 0) is 9.53 Å². The highest BCUT2D eigenvalue weighted by molar-refractivity contribution is 8.00. The van der Waals surface area contributed by atoms with Gasteiger partial charge < -0.3 is 10.1 Å². The Bertz CT molecular complexity index is 568. The minimum Gasteiger partial charge on any atom is -0.379 e. The molecule has 0 bridgehead atoms. The summed E-state index contributed by atoms with van der Waals surface area (Å²) >= 11 is 3.46. The van der Waals surface area contributed by atoms with Gasteiger partial charge in [0.05, 0.1) is 23.4 Å². The van der Waals surface area contributed by atoms with Crippen LogP contribution in [0.25, 0.3) is 0 Å². The van der Waals surface area contributed by atoms with Gasteiger partial charge in [0.2, 0.25) is 5.91 Å². The third-order valence-electron chi connectivity index (χ3n) is 7.25. The quantitative estimate of drug-likeness (QED) is 0.431. The minimum absolute atomic E-state index is 0.0478. The van der Waals surface area contributed by atoms with E-state index < -0.39 is 6.17 Å². The van der Waals surface area contributed by atoms with Crippen LogP contribution in [0.4, 0.5) is 4.39 Å². The summed E-state index contributed by atoms with van der Waals surface area (Å²) in [6, 6.07) is 0.305. The number of carbonyl (C=O) groups is 1. The summed E-state index contributed by atoms with van der Waals surface area (Å²) in [4.78, 5) is 12.5. The van der Waals surface area contributed by atoms with E-state index in [0.717, 1.165) is 44.6 Å². The highest BCUT2D eigenvalue weighted by Crippen LogP contribution is 2.37. The first-order chi connectivity index (χ1) is 15.1. The van der Waals surface area contributed by atoms with Crippen molar-refractivity contribution in [2.45, 2.75) is 93.6 Å². The first kappa shape index (κ1) is 24.1. The van der Waals surface area contributed by atoms with Gasteiger partial charge in [-0.25, -0.2) is 4.39 Å². The number of hydrogen-bond acceptors (Lipinski definition) is 7. The summed E-state index contributed by atoms with van der Waals surface area (Å²) in [5, 5.41) is 14.3. The zero-order chi connectivity index (χ0) is 21.6. The number of carbonyl (C=O) groups excluding carboxylic acids is 1. The highest BCUT2D eigenvalue weighted by atomic mass is 32.2. The fraction of sp³-hybridized carbons (Fsp3) is 0.955. The second-order valence-corrected chi connectivity index (χ2v) is 11.7. The van der Waals surface area contributed by atoms with Crippen LogP contribution in [0.15, 0.2) is 0 Å². The number of hydrogen-bond donors (Lipinski definition) is 4. The van der Waals surface area contributed by atoms with Crippen molar-refractivity contribution in [2.75, 3.05) is 24.7 Å². The Labute approximate surface area is 194 Å². The standard InChI is InChI=1S/C22H39FN4O2S2/c1-2-29-17-9-5-15(6-10-17)20-26-19(14-3-7-16(23)8-4-14)21(27-20)31-13-18(28)25-22-24-11-12-30-22/h14-17,19-22,24,26-27H,2-13H2,1H3,(H,25,28). The Kier molecular flexibility index (Phi) is 9.23. The van der Waals surface area contributed by atoms with E-state index >= 15 is 0 Å². The van der Waals surface area contributed by atoms with E-state index in [4.69, 9.17) is 4.74 Å². The topological polar surface area (TPSA) is 74.4 Å². The molecule has 178 valence electrons. The van der Waals surface area contributed by atoms with E-state index in [0.29, 0.717) is 42.6 Å². The zero-order valence-electron chi connectivity index (χ0n) is 18.6. The molecule has 4 N–H and O–H groups in total. The van der Waals surface area contributed by atoms with Gasteiger partial charge >= 0.3 is 0 Å². The lowest BCUT2D eigenvalue weighted by Crippen LogP contribution is -2.44. The van der Waals surface area contributed by atoms with Gasteiger partial charge in [-0.1, -0.05) is 0 Å². The van der Waals surface area contributed by atoms with E-state index in [9.17, 15) is 9.18 Å². The van der Waals surface area contributed by atoms with Gasteiger partial charge in [-0.15, -0.1) is 23.5 Å². The van der Waals surface area contributed by atoms with Gasteiger partial charge in [-0.05, 0) is 70.1 Å². The van der Waals surface area contributed by atoms with Crippen molar-refractivity contribution in [2.24, 2.45) is 11.8 Å². The van der Waals surface area contributed by atoms with Gasteiger partial charge in [0.25, 0.3) is 0 Å². The maximum Gasteiger partial charge on any atom is 0.231 e. The van der Waals surface area contributed by atoms with Gasteiger partial charge in [0, 0.05) is 24.9 Å². The predicted octanol–water partition coefficient (Wildman–Crippen LogP) is 2.79. The van der Waals surface area contributed by atoms with Crippen molar-refractivity contribution >= 4 is 29.4 Å². The molecule has 4 aliphatic rings. The number of nitrogens with one attached hydrogen (secondary N) is 4. The number of halogens is 1. The molecule has 2 aliphatic carbocycles. The average Bonchev–Trinajstić information content (AvgIpc) is 3.44. The molecule has 2 saturated heterocycles. The first-order valence-corrected chi connectivity index (χ1v) is 14.3. The van der Waals surface area contributed by atoms with Crippen LogP contribution in [0.2, 0.25) is 0 Å². The lowest BCUT2D eigenvalue weighted by molar-refractivity contribution is -0.118. The fourth-order valence-electron chi connectivity index (χ4n) is 5.56. The monoisotopic (exact) mass is 474 g/mol. The summed E-state index contributed by atoms with van der Waals surface area (Å²) in [6.07, 6.45) is 7.88. The normalized spacial score (nSPS) is 41.4. The van der Waals surface area contributed by atoms with Crippen molar-refractivity contribution in [1.29, 1.82) is 0 Å². The smallest absolute Gasteiger partial charge is 0.231 e. The van der Waals surface area contributed by atoms with Gasteiger partial charge in [-0.3, -0.25) is 20.7 Å². The van der Waals surface area contributed by atoms with Crippen molar-refractivity contribution < 1.29 is 13.9 Å². The third-order valence-corrected chi connectivity index (χ3v) is 9.52. The molecule has 1 amide bonds. The van der Waals surface area contributed by atoms with Crippen LogP contribution < -0.4 is 21.3 Å². The van der Waals surface area contributed by atoms with Gasteiger partial charge in [-0.2, -0.15) is 0 Å². The molecule has 0 aromatic heterocycles. The zero-order valence-corrected chi connectivity index (χ0v) is 20.2. The molecule has 0 aromatic rings. The maximum absolute atomic E-state index is 13.7. The van der Waals surface area contributed by atoms with Crippen LogP contribution in [0.5, 0.6) is 0 Å². The lowest BCUT2D eigenvalue weighted by atomic mass is 9.82. The van der Waals surface area contributed by atoms with Crippen molar-refractivity contribution in [1.82, 2.24) is 21.3 Å². The van der Waals surface area contributed by atoms with Crippen LogP contribution in [0.3, 0.4) is 0 Å². The van der Waals surface area contributed by atoms with Crippen LogP contribution in [-0.4, -0.2) is 65.9 Å². The molecular weight excluding hydrogens is 435 g/mol. The summed E-state index contributed by atoms with van der Waals surface area (Å²) in [7, 11) is 0.